The van der Waals surface area contributed by atoms with Gasteiger partial charge in [-0.1, -0.05) is 29.8 Å². The van der Waals surface area contributed by atoms with Crippen molar-refractivity contribution in [2.24, 2.45) is 0 Å². The van der Waals surface area contributed by atoms with Crippen molar-refractivity contribution in [1.29, 1.82) is 0 Å². The van der Waals surface area contributed by atoms with Gasteiger partial charge in [-0.25, -0.2) is 13.2 Å². The van der Waals surface area contributed by atoms with Gasteiger partial charge < -0.3 is 10.2 Å². The van der Waals surface area contributed by atoms with E-state index in [0.717, 1.165) is 5.56 Å². The van der Waals surface area contributed by atoms with Crippen LogP contribution in [0.4, 0.5) is 4.79 Å². The summed E-state index contributed by atoms with van der Waals surface area (Å²) in [7, 11) is -1.36. The predicted molar refractivity (Wildman–Crippen MR) is 83.6 cm³/mol. The predicted octanol–water partition coefficient (Wildman–Crippen LogP) is 1.79. The summed E-state index contributed by atoms with van der Waals surface area (Å²) in [5.41, 5.74) is 2.17. The minimum absolute atomic E-state index is 0.0542. The van der Waals surface area contributed by atoms with Gasteiger partial charge in [0.2, 0.25) is 0 Å². The number of carbonyl (C=O) groups excluding carboxylic acids is 1. The summed E-state index contributed by atoms with van der Waals surface area (Å²) in [6.07, 6.45) is 3.89. The molecule has 1 fully saturated rings. The van der Waals surface area contributed by atoms with Gasteiger partial charge in [0, 0.05) is 19.3 Å². The van der Waals surface area contributed by atoms with Crippen LogP contribution in [0.15, 0.2) is 30.5 Å². The average molecular weight is 308 g/mol. The molecule has 114 valence electrons. The fraction of sp³-hybridized carbons (Fsp3) is 0.400. The quantitative estimate of drug-likeness (QED) is 0.926. The molecular weight excluding hydrogens is 288 g/mol. The first kappa shape index (κ1) is 15.6. The number of urea groups is 1. The van der Waals surface area contributed by atoms with Crippen LogP contribution >= 0.6 is 0 Å². The van der Waals surface area contributed by atoms with Gasteiger partial charge in [0.05, 0.1) is 11.5 Å². The lowest BCUT2D eigenvalue weighted by Gasteiger charge is -2.22. The lowest BCUT2D eigenvalue weighted by molar-refractivity contribution is 0.199. The second kappa shape index (κ2) is 6.30. The Morgan fingerprint density at radius 1 is 1.33 bits per heavy atom. The summed E-state index contributed by atoms with van der Waals surface area (Å²) in [4.78, 5) is 13.4. The summed E-state index contributed by atoms with van der Waals surface area (Å²) >= 11 is 0. The molecule has 0 saturated carbocycles. The van der Waals surface area contributed by atoms with E-state index >= 15 is 0 Å². The van der Waals surface area contributed by atoms with E-state index < -0.39 is 9.84 Å². The van der Waals surface area contributed by atoms with E-state index in [9.17, 15) is 13.2 Å². The standard InChI is InChI=1S/C15H20N2O3S/c1-12-3-5-13(6-4-12)7-9-16-15(18)17(2)14-8-10-21(19,20)11-14/h3-7,9,14H,8,10-11H2,1-2H3,(H,16,18)/b9-7+. The van der Waals surface area contributed by atoms with Gasteiger partial charge in [0.1, 0.15) is 0 Å². The Hall–Kier alpha value is -1.82. The Morgan fingerprint density at radius 3 is 2.57 bits per heavy atom. The maximum atomic E-state index is 12.0. The number of nitrogens with one attached hydrogen (secondary N) is 1. The second-order valence-corrected chi connectivity index (χ2v) is 7.59. The van der Waals surface area contributed by atoms with E-state index in [1.54, 1.807) is 19.3 Å². The zero-order valence-corrected chi connectivity index (χ0v) is 13.1. The van der Waals surface area contributed by atoms with Gasteiger partial charge in [-0.2, -0.15) is 0 Å². The molecule has 1 N–H and O–H groups in total. The van der Waals surface area contributed by atoms with E-state index in [4.69, 9.17) is 0 Å². The van der Waals surface area contributed by atoms with Gasteiger partial charge >= 0.3 is 6.03 Å². The van der Waals surface area contributed by atoms with Crippen LogP contribution in [-0.2, 0) is 9.84 Å². The van der Waals surface area contributed by atoms with Crippen molar-refractivity contribution >= 4 is 21.9 Å². The van der Waals surface area contributed by atoms with Crippen LogP contribution in [0.2, 0.25) is 0 Å². The Morgan fingerprint density at radius 2 is 2.00 bits per heavy atom. The molecule has 6 heteroatoms. The minimum atomic E-state index is -2.98. The molecule has 0 bridgehead atoms. The Labute approximate surface area is 125 Å². The molecule has 1 aliphatic rings. The highest BCUT2D eigenvalue weighted by Gasteiger charge is 2.32. The summed E-state index contributed by atoms with van der Waals surface area (Å²) in [6, 6.07) is 7.40. The molecule has 1 atom stereocenters. The van der Waals surface area contributed by atoms with Crippen LogP contribution in [-0.4, -0.2) is 43.9 Å². The third kappa shape index (κ3) is 4.32. The molecule has 2 amide bonds. The van der Waals surface area contributed by atoms with Crippen molar-refractivity contribution in [2.45, 2.75) is 19.4 Å². The van der Waals surface area contributed by atoms with E-state index in [2.05, 4.69) is 5.32 Å². The van der Waals surface area contributed by atoms with Gasteiger partial charge in [-0.05, 0) is 25.0 Å². The van der Waals surface area contributed by atoms with Crippen molar-refractivity contribution in [3.8, 4) is 0 Å². The number of rotatable bonds is 3. The monoisotopic (exact) mass is 308 g/mol. The van der Waals surface area contributed by atoms with E-state index in [1.165, 1.54) is 10.5 Å². The number of hydrogen-bond acceptors (Lipinski definition) is 3. The lowest BCUT2D eigenvalue weighted by Crippen LogP contribution is -2.42. The van der Waals surface area contributed by atoms with Gasteiger partial charge in [0.15, 0.2) is 9.84 Å². The van der Waals surface area contributed by atoms with E-state index in [-0.39, 0.29) is 23.6 Å². The molecule has 1 aromatic carbocycles. The third-order valence-electron chi connectivity index (χ3n) is 3.64. The van der Waals surface area contributed by atoms with Crippen LogP contribution in [0.5, 0.6) is 0 Å². The molecule has 1 unspecified atom stereocenters. The summed E-state index contributed by atoms with van der Waals surface area (Å²) < 4.78 is 22.8. The Bertz CT molecular complexity index is 635. The van der Waals surface area contributed by atoms with Crippen LogP contribution in [0.1, 0.15) is 17.5 Å². The molecule has 0 radical (unpaired) electrons. The highest BCUT2D eigenvalue weighted by atomic mass is 32.2. The summed E-state index contributed by atoms with van der Waals surface area (Å²) in [6.45, 7) is 2.01. The zero-order chi connectivity index (χ0) is 15.5. The van der Waals surface area contributed by atoms with Crippen LogP contribution in [0.3, 0.4) is 0 Å². The summed E-state index contributed by atoms with van der Waals surface area (Å²) in [5, 5.41) is 2.66. The molecule has 5 nitrogen and oxygen atoms in total. The largest absolute Gasteiger partial charge is 0.324 e. The molecule has 0 aliphatic carbocycles. The van der Waals surface area contributed by atoms with Crippen molar-refractivity contribution in [2.75, 3.05) is 18.6 Å². The summed E-state index contributed by atoms with van der Waals surface area (Å²) in [5.74, 6) is 0.215. The number of sulfone groups is 1. The first-order valence-corrected chi connectivity index (χ1v) is 8.66. The fourth-order valence-electron chi connectivity index (χ4n) is 2.24. The van der Waals surface area contributed by atoms with Crippen LogP contribution < -0.4 is 5.32 Å². The highest BCUT2D eigenvalue weighted by molar-refractivity contribution is 7.91. The van der Waals surface area contributed by atoms with Crippen LogP contribution in [0.25, 0.3) is 6.08 Å². The lowest BCUT2D eigenvalue weighted by atomic mass is 10.1. The van der Waals surface area contributed by atoms with Crippen molar-refractivity contribution < 1.29 is 13.2 Å². The number of hydrogen-bond donors (Lipinski definition) is 1. The first-order valence-electron chi connectivity index (χ1n) is 6.84. The molecular formula is C15H20N2O3S. The van der Waals surface area contributed by atoms with Crippen molar-refractivity contribution in [3.05, 3.63) is 41.6 Å². The number of nitrogens with zero attached hydrogens (tertiary/aromatic N) is 1. The second-order valence-electron chi connectivity index (χ2n) is 5.36. The van der Waals surface area contributed by atoms with E-state index in [0.29, 0.717) is 6.42 Å². The van der Waals surface area contributed by atoms with Crippen LogP contribution in [0, 0.1) is 6.92 Å². The first-order chi connectivity index (χ1) is 9.87. The molecule has 0 aromatic heterocycles. The highest BCUT2D eigenvalue weighted by Crippen LogP contribution is 2.16. The number of aryl methyl sites for hydroxylation is 1. The SMILES string of the molecule is Cc1ccc(/C=C/NC(=O)N(C)C2CCS(=O)(=O)C2)cc1. The van der Waals surface area contributed by atoms with Crippen molar-refractivity contribution in [1.82, 2.24) is 10.2 Å². The zero-order valence-electron chi connectivity index (χ0n) is 12.2. The average Bonchev–Trinajstić information content (AvgIpc) is 2.80. The van der Waals surface area contributed by atoms with E-state index in [1.807, 2.05) is 31.2 Å². The minimum Gasteiger partial charge on any atom is -0.324 e. The molecule has 21 heavy (non-hydrogen) atoms. The maximum absolute atomic E-state index is 12.0. The normalized spacial score (nSPS) is 20.6. The van der Waals surface area contributed by atoms with Gasteiger partial charge in [-0.15, -0.1) is 0 Å². The molecule has 1 aliphatic heterocycles. The Kier molecular flexibility index (Phi) is 4.67. The Balaban J connectivity index is 1.88. The number of benzene rings is 1. The molecule has 1 saturated heterocycles. The smallest absolute Gasteiger partial charge is 0.321 e. The maximum Gasteiger partial charge on any atom is 0.321 e. The molecule has 2 rings (SSSR count). The fourth-order valence-corrected chi connectivity index (χ4v) is 4.01. The van der Waals surface area contributed by atoms with Gasteiger partial charge in [-0.3, -0.25) is 0 Å². The molecule has 1 aromatic rings. The van der Waals surface area contributed by atoms with Crippen molar-refractivity contribution in [3.63, 3.8) is 0 Å². The number of carbonyl (C=O) groups is 1. The third-order valence-corrected chi connectivity index (χ3v) is 5.39. The molecule has 1 heterocycles. The molecule has 0 spiro atoms. The topological polar surface area (TPSA) is 66.5 Å². The number of amides is 2. The van der Waals surface area contributed by atoms with Gasteiger partial charge in [0.25, 0.3) is 0 Å².